The van der Waals surface area contributed by atoms with Crippen LogP contribution >= 0.6 is 0 Å². The molecule has 1 aromatic carbocycles. The molecule has 0 saturated carbocycles. The Morgan fingerprint density at radius 3 is 2.24 bits per heavy atom. The van der Waals surface area contributed by atoms with Gasteiger partial charge in [0.05, 0.1) is 19.6 Å². The van der Waals surface area contributed by atoms with E-state index in [9.17, 15) is 14.7 Å². The highest BCUT2D eigenvalue weighted by Gasteiger charge is 2.44. The number of benzene rings is 1. The first-order valence-corrected chi connectivity index (χ1v) is 7.84. The van der Waals surface area contributed by atoms with E-state index in [0.29, 0.717) is 17.1 Å². The summed E-state index contributed by atoms with van der Waals surface area (Å²) in [7, 11) is 3.02. The molecule has 2 rings (SSSR count). The highest BCUT2D eigenvalue weighted by molar-refractivity contribution is 6.28. The van der Waals surface area contributed by atoms with Crippen LogP contribution in [0.25, 0.3) is 6.08 Å². The van der Waals surface area contributed by atoms with Crippen molar-refractivity contribution in [3.63, 3.8) is 0 Å². The van der Waals surface area contributed by atoms with E-state index in [-0.39, 0.29) is 11.3 Å². The molecule has 0 spiro atoms. The van der Waals surface area contributed by atoms with E-state index in [0.717, 1.165) is 5.56 Å². The van der Waals surface area contributed by atoms with E-state index >= 15 is 0 Å². The smallest absolute Gasteiger partial charge is 0.193 e. The fourth-order valence-corrected chi connectivity index (χ4v) is 2.89. The molecule has 0 amide bonds. The van der Waals surface area contributed by atoms with Gasteiger partial charge in [0.2, 0.25) is 0 Å². The van der Waals surface area contributed by atoms with Crippen LogP contribution in [-0.4, -0.2) is 30.9 Å². The van der Waals surface area contributed by atoms with Gasteiger partial charge in [-0.15, -0.1) is 0 Å². The molecule has 0 atom stereocenters. The van der Waals surface area contributed by atoms with Crippen LogP contribution in [0.4, 0.5) is 0 Å². The number of carbonyl (C=O) groups excluding carboxylic acids is 2. The summed E-state index contributed by atoms with van der Waals surface area (Å²) in [6.45, 7) is 4.97. The van der Waals surface area contributed by atoms with Gasteiger partial charge in [-0.05, 0) is 44.5 Å². The number of ether oxygens (including phenoxy) is 2. The molecular weight excluding hydrogens is 320 g/mol. The molecule has 1 aliphatic carbocycles. The molecule has 5 heteroatoms. The lowest BCUT2D eigenvalue weighted by Crippen LogP contribution is -2.36. The Morgan fingerprint density at radius 2 is 1.72 bits per heavy atom. The summed E-state index contributed by atoms with van der Waals surface area (Å²) in [5.41, 5.74) is -0.0488. The van der Waals surface area contributed by atoms with Crippen LogP contribution in [0.15, 0.2) is 53.0 Å². The Labute approximate surface area is 147 Å². The first-order valence-electron chi connectivity index (χ1n) is 7.84. The van der Waals surface area contributed by atoms with Gasteiger partial charge in [0.1, 0.15) is 22.8 Å². The van der Waals surface area contributed by atoms with E-state index < -0.39 is 17.0 Å². The lowest BCUT2D eigenvalue weighted by molar-refractivity contribution is -0.126. The zero-order valence-electron chi connectivity index (χ0n) is 15.0. The molecule has 5 nitrogen and oxygen atoms in total. The van der Waals surface area contributed by atoms with Crippen molar-refractivity contribution in [3.8, 4) is 5.75 Å². The Balaban J connectivity index is 2.37. The van der Waals surface area contributed by atoms with E-state index in [1.54, 1.807) is 58.2 Å². The fourth-order valence-electron chi connectivity index (χ4n) is 2.89. The average molecular weight is 342 g/mol. The molecule has 0 aromatic heterocycles. The number of carbonyl (C=O) groups is 2. The van der Waals surface area contributed by atoms with Crippen molar-refractivity contribution in [1.29, 1.82) is 0 Å². The van der Waals surface area contributed by atoms with Gasteiger partial charge in [-0.3, -0.25) is 9.59 Å². The molecule has 0 unspecified atom stereocenters. The van der Waals surface area contributed by atoms with Crippen LogP contribution in [0.5, 0.6) is 5.75 Å². The van der Waals surface area contributed by atoms with E-state index in [1.165, 1.54) is 13.2 Å². The molecule has 0 fully saturated rings. The summed E-state index contributed by atoms with van der Waals surface area (Å²) >= 11 is 0. The second-order valence-corrected chi connectivity index (χ2v) is 6.31. The van der Waals surface area contributed by atoms with Gasteiger partial charge in [0.15, 0.2) is 11.6 Å². The Bertz CT molecular complexity index is 792. The van der Waals surface area contributed by atoms with Crippen molar-refractivity contribution >= 4 is 17.6 Å². The summed E-state index contributed by atoms with van der Waals surface area (Å²) in [5.74, 6) is -0.255. The Kier molecular flexibility index (Phi) is 5.16. The first-order chi connectivity index (χ1) is 11.7. The van der Waals surface area contributed by atoms with Crippen molar-refractivity contribution < 1.29 is 24.2 Å². The Hall–Kier alpha value is -2.82. The highest BCUT2D eigenvalue weighted by Crippen LogP contribution is 2.40. The number of methoxy groups -OCH3 is 2. The van der Waals surface area contributed by atoms with Gasteiger partial charge in [0, 0.05) is 5.57 Å². The minimum absolute atomic E-state index is 0.215. The molecule has 1 N–H and O–H groups in total. The number of rotatable bonds is 5. The molecule has 1 aliphatic rings. The maximum Gasteiger partial charge on any atom is 0.193 e. The van der Waals surface area contributed by atoms with Crippen molar-refractivity contribution in [3.05, 3.63) is 58.6 Å². The normalized spacial score (nSPS) is 17.2. The lowest BCUT2D eigenvalue weighted by Gasteiger charge is -2.31. The van der Waals surface area contributed by atoms with Gasteiger partial charge < -0.3 is 14.6 Å². The van der Waals surface area contributed by atoms with Crippen molar-refractivity contribution in [2.45, 2.75) is 20.8 Å². The monoisotopic (exact) mass is 342 g/mol. The number of hydrogen-bond donors (Lipinski definition) is 1. The molecule has 132 valence electrons. The first kappa shape index (κ1) is 18.5. The summed E-state index contributed by atoms with van der Waals surface area (Å²) in [4.78, 5) is 25.2. The van der Waals surface area contributed by atoms with Crippen LogP contribution < -0.4 is 4.74 Å². The van der Waals surface area contributed by atoms with Crippen LogP contribution in [0.3, 0.4) is 0 Å². The number of Topliss-reactive ketones (excluding diaryl/α,β-unsaturated/α-hetero) is 1. The van der Waals surface area contributed by atoms with Crippen LogP contribution in [0, 0.1) is 5.41 Å². The molecule has 0 bridgehead atoms. The highest BCUT2D eigenvalue weighted by atomic mass is 16.5. The molecule has 0 aliphatic heterocycles. The van der Waals surface area contributed by atoms with E-state index in [4.69, 9.17) is 9.47 Å². The maximum absolute atomic E-state index is 12.7. The third-order valence-corrected chi connectivity index (χ3v) is 4.29. The van der Waals surface area contributed by atoms with Crippen LogP contribution in [0.1, 0.15) is 26.3 Å². The number of aliphatic hydroxyl groups excluding tert-OH is 1. The number of ketones is 2. The van der Waals surface area contributed by atoms with E-state index in [2.05, 4.69) is 0 Å². The van der Waals surface area contributed by atoms with Gasteiger partial charge in [-0.2, -0.15) is 0 Å². The maximum atomic E-state index is 12.7. The second kappa shape index (κ2) is 6.97. The van der Waals surface area contributed by atoms with Gasteiger partial charge in [0.25, 0.3) is 0 Å². The number of aliphatic hydroxyl groups is 1. The van der Waals surface area contributed by atoms with Gasteiger partial charge >= 0.3 is 0 Å². The predicted octanol–water partition coefficient (Wildman–Crippen LogP) is 3.62. The third kappa shape index (κ3) is 3.36. The molecular formula is C20H22O5. The SMILES string of the molecule is COC1=C(C)C(O)=C(C(=O)/C=C/c2ccc(OC)cc2)C(=O)C1(C)C. The summed E-state index contributed by atoms with van der Waals surface area (Å²) in [5, 5.41) is 10.3. The molecule has 0 heterocycles. The molecule has 0 saturated heterocycles. The fraction of sp³-hybridized carbons (Fsp3) is 0.300. The van der Waals surface area contributed by atoms with Crippen molar-refractivity contribution in [2.75, 3.05) is 14.2 Å². The summed E-state index contributed by atoms with van der Waals surface area (Å²) < 4.78 is 10.3. The minimum Gasteiger partial charge on any atom is -0.507 e. The molecule has 0 radical (unpaired) electrons. The zero-order chi connectivity index (χ0) is 18.8. The summed E-state index contributed by atoms with van der Waals surface area (Å²) in [6, 6.07) is 7.12. The van der Waals surface area contributed by atoms with Crippen LogP contribution in [0.2, 0.25) is 0 Å². The third-order valence-electron chi connectivity index (χ3n) is 4.29. The average Bonchev–Trinajstić information content (AvgIpc) is 2.59. The van der Waals surface area contributed by atoms with Crippen LogP contribution in [-0.2, 0) is 14.3 Å². The molecule has 25 heavy (non-hydrogen) atoms. The second-order valence-electron chi connectivity index (χ2n) is 6.31. The topological polar surface area (TPSA) is 72.8 Å². The summed E-state index contributed by atoms with van der Waals surface area (Å²) in [6.07, 6.45) is 2.87. The zero-order valence-corrected chi connectivity index (χ0v) is 15.0. The standard InChI is InChI=1S/C20H22O5/c1-12-17(22)16(18(23)20(2,3)19(12)25-5)15(21)11-8-13-6-9-14(24-4)10-7-13/h6-11,22H,1-5H3/b11-8+. The van der Waals surface area contributed by atoms with E-state index in [1.807, 2.05) is 0 Å². The molecule has 1 aromatic rings. The number of allylic oxidation sites excluding steroid dienone is 4. The van der Waals surface area contributed by atoms with Crippen molar-refractivity contribution in [2.24, 2.45) is 5.41 Å². The minimum atomic E-state index is -1.01. The predicted molar refractivity (Wildman–Crippen MR) is 95.2 cm³/mol. The largest absolute Gasteiger partial charge is 0.507 e. The Morgan fingerprint density at radius 1 is 1.12 bits per heavy atom. The quantitative estimate of drug-likeness (QED) is 0.653. The van der Waals surface area contributed by atoms with Gasteiger partial charge in [-0.1, -0.05) is 18.2 Å². The lowest BCUT2D eigenvalue weighted by atomic mass is 9.74. The number of hydrogen-bond acceptors (Lipinski definition) is 5. The van der Waals surface area contributed by atoms with Gasteiger partial charge in [-0.25, -0.2) is 0 Å². The van der Waals surface area contributed by atoms with Crippen molar-refractivity contribution in [1.82, 2.24) is 0 Å².